The highest BCUT2D eigenvalue weighted by Gasteiger charge is 2.08. The molecule has 122 valence electrons. The van der Waals surface area contributed by atoms with Gasteiger partial charge in [0, 0.05) is 6.54 Å². The smallest absolute Gasteiger partial charge is 0.337 e. The van der Waals surface area contributed by atoms with Crippen LogP contribution in [0.3, 0.4) is 0 Å². The summed E-state index contributed by atoms with van der Waals surface area (Å²) in [5.74, 6) is -0.157. The minimum Gasteiger partial charge on any atom is -0.465 e. The van der Waals surface area contributed by atoms with E-state index in [2.05, 4.69) is 20.3 Å². The van der Waals surface area contributed by atoms with E-state index in [-0.39, 0.29) is 11.9 Å². The van der Waals surface area contributed by atoms with Crippen LogP contribution in [0.1, 0.15) is 15.9 Å². The number of hydrogen-bond acceptors (Lipinski definition) is 8. The van der Waals surface area contributed by atoms with Crippen LogP contribution in [0.5, 0.6) is 0 Å². The van der Waals surface area contributed by atoms with E-state index in [0.29, 0.717) is 17.9 Å². The van der Waals surface area contributed by atoms with Crippen molar-refractivity contribution in [1.82, 2.24) is 15.5 Å². The Labute approximate surface area is 146 Å². The fourth-order valence-electron chi connectivity index (χ4n) is 1.59. The first kappa shape index (κ1) is 17.8. The number of rotatable bonds is 7. The van der Waals surface area contributed by atoms with E-state index in [1.807, 2.05) is 6.26 Å². The molecule has 0 bridgehead atoms. The van der Waals surface area contributed by atoms with Gasteiger partial charge in [0.1, 0.15) is 0 Å². The van der Waals surface area contributed by atoms with Crippen LogP contribution in [0.25, 0.3) is 0 Å². The van der Waals surface area contributed by atoms with E-state index >= 15 is 0 Å². The summed E-state index contributed by atoms with van der Waals surface area (Å²) in [6.45, 7) is 0.410. The number of amides is 1. The van der Waals surface area contributed by atoms with Crippen LogP contribution >= 0.6 is 34.9 Å². The largest absolute Gasteiger partial charge is 0.465 e. The van der Waals surface area contributed by atoms with Gasteiger partial charge in [0.05, 0.1) is 18.4 Å². The van der Waals surface area contributed by atoms with Gasteiger partial charge in [-0.15, -0.1) is 10.2 Å². The standard InChI is InChI=1S/C14H15N3O3S3/c1-20-12(19)10-5-3-9(4-6-10)7-15-11(18)8-22-14-17-16-13(21-2)23-14/h3-6H,7-8H2,1-2H3,(H,15,18). The van der Waals surface area contributed by atoms with Crippen LogP contribution in [0, 0.1) is 0 Å². The lowest BCUT2D eigenvalue weighted by Gasteiger charge is -2.05. The molecule has 0 unspecified atom stereocenters. The molecule has 23 heavy (non-hydrogen) atoms. The van der Waals surface area contributed by atoms with Crippen LogP contribution in [-0.4, -0.2) is 41.2 Å². The number of ether oxygens (including phenoxy) is 1. The highest BCUT2D eigenvalue weighted by molar-refractivity contribution is 8.03. The van der Waals surface area contributed by atoms with Crippen LogP contribution in [-0.2, 0) is 16.1 Å². The Kier molecular flexibility index (Phi) is 6.87. The molecule has 0 aliphatic heterocycles. The number of carbonyl (C=O) groups is 2. The molecule has 6 nitrogen and oxygen atoms in total. The van der Waals surface area contributed by atoms with E-state index in [0.717, 1.165) is 14.2 Å². The van der Waals surface area contributed by atoms with E-state index in [9.17, 15) is 9.59 Å². The summed E-state index contributed by atoms with van der Waals surface area (Å²) in [5.41, 5.74) is 1.40. The lowest BCUT2D eigenvalue weighted by molar-refractivity contribution is -0.118. The molecule has 0 aliphatic rings. The first-order chi connectivity index (χ1) is 11.1. The van der Waals surface area contributed by atoms with Crippen LogP contribution < -0.4 is 5.32 Å². The normalized spacial score (nSPS) is 10.3. The van der Waals surface area contributed by atoms with Gasteiger partial charge < -0.3 is 10.1 Å². The molecule has 1 amide bonds. The average Bonchev–Trinajstić information content (AvgIpc) is 3.06. The van der Waals surface area contributed by atoms with Crippen molar-refractivity contribution >= 4 is 46.7 Å². The molecule has 1 aromatic carbocycles. The Balaban J connectivity index is 1.76. The summed E-state index contributed by atoms with van der Waals surface area (Å²) in [5, 5.41) is 10.8. The number of nitrogens with one attached hydrogen (secondary N) is 1. The zero-order valence-corrected chi connectivity index (χ0v) is 15.0. The van der Waals surface area contributed by atoms with Crippen molar-refractivity contribution in [3.05, 3.63) is 35.4 Å². The lowest BCUT2D eigenvalue weighted by Crippen LogP contribution is -2.24. The molecule has 0 spiro atoms. The molecule has 0 fully saturated rings. The quantitative estimate of drug-likeness (QED) is 0.593. The van der Waals surface area contributed by atoms with Gasteiger partial charge in [0.25, 0.3) is 0 Å². The molecule has 1 N–H and O–H groups in total. The van der Waals surface area contributed by atoms with Crippen molar-refractivity contribution in [2.24, 2.45) is 0 Å². The second-order valence-electron chi connectivity index (χ2n) is 4.29. The number of thioether (sulfide) groups is 2. The van der Waals surface area contributed by atoms with Gasteiger partial charge >= 0.3 is 5.97 Å². The highest BCUT2D eigenvalue weighted by atomic mass is 32.2. The molecule has 2 aromatic rings. The summed E-state index contributed by atoms with van der Waals surface area (Å²) in [7, 11) is 1.34. The minimum atomic E-state index is -0.376. The number of aromatic nitrogens is 2. The number of benzene rings is 1. The molecule has 0 saturated heterocycles. The zero-order chi connectivity index (χ0) is 16.7. The van der Waals surface area contributed by atoms with E-state index < -0.39 is 0 Å². The van der Waals surface area contributed by atoms with Crippen molar-refractivity contribution in [1.29, 1.82) is 0 Å². The second-order valence-corrected chi connectivity index (χ2v) is 7.55. The highest BCUT2D eigenvalue weighted by Crippen LogP contribution is 2.26. The molecule has 1 aromatic heterocycles. The Morgan fingerprint density at radius 2 is 1.91 bits per heavy atom. The van der Waals surface area contributed by atoms with Gasteiger partial charge in [0.15, 0.2) is 8.68 Å². The minimum absolute atomic E-state index is 0.0760. The summed E-state index contributed by atoms with van der Waals surface area (Å²) >= 11 is 4.38. The maximum atomic E-state index is 11.8. The number of hydrogen-bond donors (Lipinski definition) is 1. The van der Waals surface area contributed by atoms with E-state index in [1.54, 1.807) is 24.3 Å². The molecular weight excluding hydrogens is 354 g/mol. The van der Waals surface area contributed by atoms with Crippen LogP contribution in [0.15, 0.2) is 32.9 Å². The Morgan fingerprint density at radius 3 is 2.52 bits per heavy atom. The van der Waals surface area contributed by atoms with Gasteiger partial charge in [-0.2, -0.15) is 0 Å². The molecule has 9 heteroatoms. The molecule has 0 saturated carbocycles. The Bertz CT molecular complexity index is 673. The Hall–Kier alpha value is -1.58. The molecule has 0 atom stereocenters. The summed E-state index contributed by atoms with van der Waals surface area (Å²) < 4.78 is 6.31. The number of carbonyl (C=O) groups excluding carboxylic acids is 2. The monoisotopic (exact) mass is 369 g/mol. The lowest BCUT2D eigenvalue weighted by atomic mass is 10.1. The summed E-state index contributed by atoms with van der Waals surface area (Å²) in [4.78, 5) is 23.2. The van der Waals surface area contributed by atoms with E-state index in [4.69, 9.17) is 0 Å². The molecule has 0 aliphatic carbocycles. The summed E-state index contributed by atoms with van der Waals surface area (Å²) in [6, 6.07) is 6.92. The SMILES string of the molecule is COC(=O)c1ccc(CNC(=O)CSc2nnc(SC)s2)cc1. The molecular formula is C14H15N3O3S3. The van der Waals surface area contributed by atoms with Crippen LogP contribution in [0.2, 0.25) is 0 Å². The maximum Gasteiger partial charge on any atom is 0.337 e. The first-order valence-corrected chi connectivity index (χ1v) is 9.59. The molecule has 1 heterocycles. The van der Waals surface area contributed by atoms with Crippen molar-refractivity contribution < 1.29 is 14.3 Å². The van der Waals surface area contributed by atoms with Gasteiger partial charge in [-0.25, -0.2) is 4.79 Å². The predicted molar refractivity (Wildman–Crippen MR) is 92.0 cm³/mol. The first-order valence-electron chi connectivity index (χ1n) is 6.56. The summed E-state index contributed by atoms with van der Waals surface area (Å²) in [6.07, 6.45) is 1.94. The van der Waals surface area contributed by atoms with Crippen molar-refractivity contribution in [3.63, 3.8) is 0 Å². The van der Waals surface area contributed by atoms with Gasteiger partial charge in [-0.3, -0.25) is 4.79 Å². The fourth-order valence-corrected chi connectivity index (χ4v) is 3.86. The van der Waals surface area contributed by atoms with Crippen molar-refractivity contribution in [2.45, 2.75) is 15.2 Å². The van der Waals surface area contributed by atoms with E-state index in [1.165, 1.54) is 42.0 Å². The number of methoxy groups -OCH3 is 1. The zero-order valence-electron chi connectivity index (χ0n) is 12.6. The maximum absolute atomic E-state index is 11.8. The van der Waals surface area contributed by atoms with Crippen LogP contribution in [0.4, 0.5) is 0 Å². The van der Waals surface area contributed by atoms with Crippen molar-refractivity contribution in [2.75, 3.05) is 19.1 Å². The third-order valence-corrected chi connectivity index (χ3v) is 5.79. The topological polar surface area (TPSA) is 81.2 Å². The van der Waals surface area contributed by atoms with Gasteiger partial charge in [-0.1, -0.05) is 47.0 Å². The number of nitrogens with zero attached hydrogens (tertiary/aromatic N) is 2. The van der Waals surface area contributed by atoms with Gasteiger partial charge in [0.2, 0.25) is 5.91 Å². The second kappa shape index (κ2) is 8.90. The van der Waals surface area contributed by atoms with Crippen molar-refractivity contribution in [3.8, 4) is 0 Å². The van der Waals surface area contributed by atoms with Gasteiger partial charge in [-0.05, 0) is 24.0 Å². The molecule has 2 rings (SSSR count). The average molecular weight is 369 g/mol. The number of esters is 1. The Morgan fingerprint density at radius 1 is 1.22 bits per heavy atom. The predicted octanol–water partition coefficient (Wildman–Crippen LogP) is 2.46. The molecule has 0 radical (unpaired) electrons. The third kappa shape index (κ3) is 5.52. The fraction of sp³-hybridized carbons (Fsp3) is 0.286. The third-order valence-electron chi connectivity index (χ3n) is 2.75.